The van der Waals surface area contributed by atoms with Crippen LogP contribution in [0.3, 0.4) is 0 Å². The van der Waals surface area contributed by atoms with Gasteiger partial charge in [0, 0.05) is 12.1 Å². The molecule has 0 fully saturated rings. The maximum absolute atomic E-state index is 12.2. The van der Waals surface area contributed by atoms with E-state index in [4.69, 9.17) is 9.47 Å². The third-order valence-electron chi connectivity index (χ3n) is 3.84. The number of para-hydroxylation sites is 1. The highest BCUT2D eigenvalue weighted by atomic mass is 16.5. The molecule has 2 rings (SSSR count). The molecule has 0 aliphatic carbocycles. The molecule has 1 amide bonds. The summed E-state index contributed by atoms with van der Waals surface area (Å²) in [5.74, 6) is 1.44. The van der Waals surface area contributed by atoms with Crippen molar-refractivity contribution in [2.75, 3.05) is 19.0 Å². The zero-order valence-electron chi connectivity index (χ0n) is 14.6. The second-order valence-corrected chi connectivity index (χ2v) is 5.48. The van der Waals surface area contributed by atoms with E-state index in [2.05, 4.69) is 12.2 Å². The second kappa shape index (κ2) is 8.96. The minimum atomic E-state index is 0.0174. The minimum absolute atomic E-state index is 0.0174. The number of benzene rings is 2. The first-order chi connectivity index (χ1) is 11.7. The summed E-state index contributed by atoms with van der Waals surface area (Å²) < 4.78 is 10.9. The van der Waals surface area contributed by atoms with E-state index >= 15 is 0 Å². The van der Waals surface area contributed by atoms with Crippen LogP contribution < -0.4 is 14.8 Å². The minimum Gasteiger partial charge on any atom is -0.493 e. The van der Waals surface area contributed by atoms with Crippen LogP contribution >= 0.6 is 0 Å². The van der Waals surface area contributed by atoms with Gasteiger partial charge in [0.15, 0.2) is 11.5 Å². The Labute approximate surface area is 143 Å². The first-order valence-electron chi connectivity index (χ1n) is 8.35. The highest BCUT2D eigenvalue weighted by Crippen LogP contribution is 2.28. The fraction of sp³-hybridized carbons (Fsp3) is 0.350. The van der Waals surface area contributed by atoms with Crippen molar-refractivity contribution in [1.29, 1.82) is 0 Å². The van der Waals surface area contributed by atoms with Crippen LogP contribution in [0, 0.1) is 0 Å². The predicted octanol–water partition coefficient (Wildman–Crippen LogP) is 4.23. The predicted molar refractivity (Wildman–Crippen MR) is 96.9 cm³/mol. The molecule has 4 heteroatoms. The highest BCUT2D eigenvalue weighted by Gasteiger charge is 2.09. The molecular weight excluding hydrogens is 302 g/mol. The molecule has 1 N–H and O–H groups in total. The Hall–Kier alpha value is -2.49. The lowest BCUT2D eigenvalue weighted by Crippen LogP contribution is -2.13. The smallest absolute Gasteiger partial charge is 0.224 e. The Morgan fingerprint density at radius 1 is 1.08 bits per heavy atom. The van der Waals surface area contributed by atoms with Gasteiger partial charge < -0.3 is 14.8 Å². The summed E-state index contributed by atoms with van der Waals surface area (Å²) in [6, 6.07) is 13.7. The van der Waals surface area contributed by atoms with Gasteiger partial charge in [-0.25, -0.2) is 0 Å². The molecule has 2 aromatic rings. The molecule has 0 bridgehead atoms. The Balaban J connectivity index is 1.96. The maximum atomic E-state index is 12.2. The van der Waals surface area contributed by atoms with Crippen molar-refractivity contribution in [3.05, 3.63) is 53.6 Å². The lowest BCUT2D eigenvalue weighted by Gasteiger charge is -2.12. The van der Waals surface area contributed by atoms with Gasteiger partial charge in [-0.1, -0.05) is 31.2 Å². The van der Waals surface area contributed by atoms with Crippen LogP contribution in [0.25, 0.3) is 0 Å². The van der Waals surface area contributed by atoms with Crippen LogP contribution in [0.15, 0.2) is 42.5 Å². The Bertz CT molecular complexity index is 682. The summed E-state index contributed by atoms with van der Waals surface area (Å²) in [7, 11) is 1.62. The molecule has 0 atom stereocenters. The molecule has 0 radical (unpaired) electrons. The van der Waals surface area contributed by atoms with E-state index < -0.39 is 0 Å². The van der Waals surface area contributed by atoms with Gasteiger partial charge in [-0.15, -0.1) is 0 Å². The van der Waals surface area contributed by atoms with Gasteiger partial charge in [0.1, 0.15) is 0 Å². The standard InChI is InChI=1S/C20H25NO3/c1-4-16-8-6-7-9-17(16)21-20(22)13-11-15-10-12-18(24-5-2)19(14-15)23-3/h6-10,12,14H,4-5,11,13H2,1-3H3,(H,21,22). The average Bonchev–Trinajstić information content (AvgIpc) is 2.61. The molecule has 2 aromatic carbocycles. The SMILES string of the molecule is CCOc1ccc(CCC(=O)Nc2ccccc2CC)cc1OC. The summed E-state index contributed by atoms with van der Waals surface area (Å²) in [5.41, 5.74) is 3.09. The van der Waals surface area contributed by atoms with E-state index in [0.29, 0.717) is 25.2 Å². The molecular formula is C20H25NO3. The number of anilines is 1. The number of hydrogen-bond donors (Lipinski definition) is 1. The highest BCUT2D eigenvalue weighted by molar-refractivity contribution is 5.91. The Morgan fingerprint density at radius 2 is 1.88 bits per heavy atom. The Morgan fingerprint density at radius 3 is 2.58 bits per heavy atom. The van der Waals surface area contributed by atoms with Crippen molar-refractivity contribution < 1.29 is 14.3 Å². The van der Waals surface area contributed by atoms with Crippen molar-refractivity contribution in [3.8, 4) is 11.5 Å². The second-order valence-electron chi connectivity index (χ2n) is 5.48. The molecule has 0 aromatic heterocycles. The topological polar surface area (TPSA) is 47.6 Å². The van der Waals surface area contributed by atoms with Crippen molar-refractivity contribution >= 4 is 11.6 Å². The molecule has 0 unspecified atom stereocenters. The summed E-state index contributed by atoms with van der Waals surface area (Å²) in [6.45, 7) is 4.61. The van der Waals surface area contributed by atoms with Gasteiger partial charge in [-0.2, -0.15) is 0 Å². The van der Waals surface area contributed by atoms with E-state index in [1.165, 1.54) is 0 Å². The normalized spacial score (nSPS) is 10.3. The fourth-order valence-corrected chi connectivity index (χ4v) is 2.56. The molecule has 0 heterocycles. The monoisotopic (exact) mass is 327 g/mol. The van der Waals surface area contributed by atoms with Crippen molar-refractivity contribution in [2.45, 2.75) is 33.1 Å². The third kappa shape index (κ3) is 4.75. The number of ether oxygens (including phenoxy) is 2. The molecule has 0 aliphatic rings. The first kappa shape index (κ1) is 17.9. The van der Waals surface area contributed by atoms with Gasteiger partial charge in [-0.3, -0.25) is 4.79 Å². The number of carbonyl (C=O) groups excluding carboxylic acids is 1. The molecule has 0 saturated heterocycles. The zero-order valence-corrected chi connectivity index (χ0v) is 14.6. The lowest BCUT2D eigenvalue weighted by atomic mass is 10.1. The summed E-state index contributed by atoms with van der Waals surface area (Å²) >= 11 is 0. The van der Waals surface area contributed by atoms with E-state index in [1.807, 2.05) is 49.4 Å². The molecule has 0 spiro atoms. The van der Waals surface area contributed by atoms with Gasteiger partial charge in [-0.05, 0) is 49.1 Å². The van der Waals surface area contributed by atoms with Crippen molar-refractivity contribution in [2.24, 2.45) is 0 Å². The number of nitrogens with one attached hydrogen (secondary N) is 1. The molecule has 0 saturated carbocycles. The van der Waals surface area contributed by atoms with Crippen LogP contribution in [-0.2, 0) is 17.6 Å². The van der Waals surface area contributed by atoms with Crippen LogP contribution in [0.4, 0.5) is 5.69 Å². The number of rotatable bonds is 8. The van der Waals surface area contributed by atoms with Gasteiger partial charge in [0.2, 0.25) is 5.91 Å². The van der Waals surface area contributed by atoms with E-state index in [9.17, 15) is 4.79 Å². The summed E-state index contributed by atoms with van der Waals surface area (Å²) in [6.07, 6.45) is 1.98. The number of hydrogen-bond acceptors (Lipinski definition) is 3. The first-order valence-corrected chi connectivity index (χ1v) is 8.35. The summed E-state index contributed by atoms with van der Waals surface area (Å²) in [4.78, 5) is 12.2. The lowest BCUT2D eigenvalue weighted by molar-refractivity contribution is -0.116. The Kier molecular flexibility index (Phi) is 6.67. The third-order valence-corrected chi connectivity index (χ3v) is 3.84. The molecule has 0 aliphatic heterocycles. The van der Waals surface area contributed by atoms with E-state index in [0.717, 1.165) is 29.0 Å². The number of carbonyl (C=O) groups is 1. The fourth-order valence-electron chi connectivity index (χ4n) is 2.56. The number of aryl methyl sites for hydroxylation is 2. The van der Waals surface area contributed by atoms with Crippen LogP contribution in [-0.4, -0.2) is 19.6 Å². The van der Waals surface area contributed by atoms with E-state index in [-0.39, 0.29) is 5.91 Å². The molecule has 24 heavy (non-hydrogen) atoms. The molecule has 128 valence electrons. The summed E-state index contributed by atoms with van der Waals surface area (Å²) in [5, 5.41) is 3.00. The number of methoxy groups -OCH3 is 1. The maximum Gasteiger partial charge on any atom is 0.224 e. The van der Waals surface area contributed by atoms with Crippen molar-refractivity contribution in [3.63, 3.8) is 0 Å². The van der Waals surface area contributed by atoms with Gasteiger partial charge in [0.05, 0.1) is 13.7 Å². The zero-order chi connectivity index (χ0) is 17.4. The van der Waals surface area contributed by atoms with Gasteiger partial charge >= 0.3 is 0 Å². The van der Waals surface area contributed by atoms with E-state index in [1.54, 1.807) is 7.11 Å². The van der Waals surface area contributed by atoms with Gasteiger partial charge in [0.25, 0.3) is 0 Å². The number of amides is 1. The van der Waals surface area contributed by atoms with Crippen LogP contribution in [0.2, 0.25) is 0 Å². The van der Waals surface area contributed by atoms with Crippen LogP contribution in [0.5, 0.6) is 11.5 Å². The average molecular weight is 327 g/mol. The quantitative estimate of drug-likeness (QED) is 0.789. The molecule has 4 nitrogen and oxygen atoms in total. The largest absolute Gasteiger partial charge is 0.493 e. The van der Waals surface area contributed by atoms with Crippen LogP contribution in [0.1, 0.15) is 31.4 Å². The van der Waals surface area contributed by atoms with Crippen molar-refractivity contribution in [1.82, 2.24) is 0 Å².